The molecule has 60 heavy (non-hydrogen) atoms. The molecule has 5 atom stereocenters. The number of halogens is 4. The maximum absolute atomic E-state index is 17.2. The Bertz CT molecular complexity index is 2480. The maximum Gasteiger partial charge on any atom is 0.413 e. The first-order valence-corrected chi connectivity index (χ1v) is 20.8. The number of hydrogen-bond donors (Lipinski definition) is 0. The van der Waals surface area contributed by atoms with Crippen molar-refractivity contribution in [2.24, 2.45) is 0 Å². The fraction of sp³-hybridized carbons (Fsp3) is 0.444. The number of anilines is 1. The molecule has 0 aliphatic carbocycles. The average molecular weight is 827 g/mol. The van der Waals surface area contributed by atoms with E-state index in [4.69, 9.17) is 19.2 Å². The Morgan fingerprint density at radius 1 is 0.933 bits per heavy atom. The van der Waals surface area contributed by atoms with E-state index in [0.717, 1.165) is 43.9 Å². The lowest BCUT2D eigenvalue weighted by Crippen LogP contribution is -2.56. The molecule has 4 aliphatic rings. The van der Waals surface area contributed by atoms with Gasteiger partial charge in [0, 0.05) is 49.6 Å². The van der Waals surface area contributed by atoms with Gasteiger partial charge in [-0.1, -0.05) is 31.2 Å². The van der Waals surface area contributed by atoms with E-state index in [9.17, 15) is 18.4 Å². The first kappa shape index (κ1) is 39.9. The lowest BCUT2D eigenvalue weighted by atomic mass is 9.95. The van der Waals surface area contributed by atoms with Crippen molar-refractivity contribution in [3.05, 3.63) is 89.1 Å². The Morgan fingerprint density at radius 2 is 1.70 bits per heavy atom. The molecule has 2 bridgehead atoms. The molecule has 11 nitrogen and oxygen atoms in total. The summed E-state index contributed by atoms with van der Waals surface area (Å²) in [6.45, 7) is 6.88. The van der Waals surface area contributed by atoms with E-state index in [1.54, 1.807) is 24.0 Å². The minimum atomic E-state index is -1.10. The zero-order chi connectivity index (χ0) is 41.9. The third-order valence-electron chi connectivity index (χ3n) is 12.7. The van der Waals surface area contributed by atoms with Crippen LogP contribution in [0.3, 0.4) is 0 Å². The Morgan fingerprint density at radius 3 is 2.45 bits per heavy atom. The van der Waals surface area contributed by atoms with Gasteiger partial charge in [-0.2, -0.15) is 9.97 Å². The van der Waals surface area contributed by atoms with Crippen LogP contribution in [0.15, 0.2) is 54.7 Å². The van der Waals surface area contributed by atoms with Gasteiger partial charge in [0.2, 0.25) is 6.29 Å². The highest BCUT2D eigenvalue weighted by atomic mass is 19.2. The minimum Gasteiger partial charge on any atom is -0.461 e. The number of nitrogens with zero attached hydrogens (tertiary/aromatic N) is 6. The third-order valence-corrected chi connectivity index (χ3v) is 12.7. The summed E-state index contributed by atoms with van der Waals surface area (Å²) in [6, 6.07) is 11.9. The molecule has 5 aromatic rings. The average Bonchev–Trinajstić information content (AvgIpc) is 3.88. The highest BCUT2D eigenvalue weighted by Crippen LogP contribution is 2.49. The zero-order valence-electron chi connectivity index (χ0n) is 33.7. The first-order valence-electron chi connectivity index (χ1n) is 20.8. The third kappa shape index (κ3) is 7.13. The van der Waals surface area contributed by atoms with Crippen LogP contribution in [0.2, 0.25) is 0 Å². The summed E-state index contributed by atoms with van der Waals surface area (Å²) >= 11 is 0. The van der Waals surface area contributed by atoms with Gasteiger partial charge < -0.3 is 19.1 Å². The molecule has 4 saturated heterocycles. The molecule has 3 aromatic carbocycles. The molecule has 15 heteroatoms. The predicted molar refractivity (Wildman–Crippen MR) is 215 cm³/mol. The summed E-state index contributed by atoms with van der Waals surface area (Å²) in [4.78, 5) is 45.6. The summed E-state index contributed by atoms with van der Waals surface area (Å²) < 4.78 is 78.5. The molecule has 5 unspecified atom stereocenters. The molecule has 0 N–H and O–H groups in total. The molecule has 2 aromatic heterocycles. The number of hydrogen-bond acceptors (Lipinski definition) is 10. The normalized spacial score (nSPS) is 23.0. The van der Waals surface area contributed by atoms with Gasteiger partial charge in [0.1, 0.15) is 29.5 Å². The van der Waals surface area contributed by atoms with Crippen molar-refractivity contribution in [2.75, 3.05) is 31.1 Å². The van der Waals surface area contributed by atoms with Crippen molar-refractivity contribution in [2.45, 2.75) is 102 Å². The number of fused-ring (bicyclic) bond motifs is 5. The number of piperazine rings is 1. The van der Waals surface area contributed by atoms with Gasteiger partial charge in [0.25, 0.3) is 0 Å². The molecule has 4 fully saturated rings. The number of amides is 1. The van der Waals surface area contributed by atoms with Crippen LogP contribution in [-0.4, -0.2) is 87.0 Å². The van der Waals surface area contributed by atoms with Crippen LogP contribution in [-0.2, 0) is 14.3 Å². The van der Waals surface area contributed by atoms with E-state index >= 15 is 8.78 Å². The van der Waals surface area contributed by atoms with Gasteiger partial charge in [-0.25, -0.2) is 22.4 Å². The van der Waals surface area contributed by atoms with Crippen LogP contribution in [0.5, 0.6) is 6.01 Å². The molecule has 4 aliphatic heterocycles. The minimum absolute atomic E-state index is 0.0526. The van der Waals surface area contributed by atoms with Gasteiger partial charge in [-0.15, -0.1) is 0 Å². The summed E-state index contributed by atoms with van der Waals surface area (Å²) in [5, 5.41) is 0.592. The van der Waals surface area contributed by atoms with E-state index in [-0.39, 0.29) is 76.1 Å². The van der Waals surface area contributed by atoms with Crippen LogP contribution in [0.25, 0.3) is 32.9 Å². The predicted octanol–water partition coefficient (Wildman–Crippen LogP) is 8.94. The van der Waals surface area contributed by atoms with E-state index in [0.29, 0.717) is 49.1 Å². The Hall–Kier alpha value is -5.57. The second-order valence-electron chi connectivity index (χ2n) is 16.6. The van der Waals surface area contributed by atoms with Crippen molar-refractivity contribution in [1.82, 2.24) is 24.8 Å². The number of ether oxygens (including phenoxy) is 3. The van der Waals surface area contributed by atoms with Crippen molar-refractivity contribution in [3.8, 4) is 17.3 Å². The van der Waals surface area contributed by atoms with Crippen LogP contribution >= 0.6 is 0 Å². The van der Waals surface area contributed by atoms with Crippen molar-refractivity contribution in [3.63, 3.8) is 0 Å². The molecule has 6 heterocycles. The van der Waals surface area contributed by atoms with E-state index in [2.05, 4.69) is 14.9 Å². The number of aromatic nitrogens is 3. The maximum atomic E-state index is 17.2. The molecule has 0 spiro atoms. The number of esters is 1. The summed E-state index contributed by atoms with van der Waals surface area (Å²) in [6.07, 6.45) is 5.51. The van der Waals surface area contributed by atoms with E-state index in [1.165, 1.54) is 31.3 Å². The van der Waals surface area contributed by atoms with Crippen molar-refractivity contribution in [1.29, 1.82) is 0 Å². The Labute approximate surface area is 344 Å². The molecular weight excluding hydrogens is 781 g/mol. The van der Waals surface area contributed by atoms with Gasteiger partial charge in [-0.05, 0) is 99.2 Å². The quantitative estimate of drug-likeness (QED) is 0.0769. The molecule has 314 valence electrons. The standard InChI is InChI=1S/C45H46F4N6O5/c1-4-6-36(56)59-26(3)60-44(57)55-30-12-13-31(55)23-53(22-30)42-33-21-50-40(32-20-25(2)19-28-9-14-34(47)38(48)37(28)32)39(49)41(33)51-43(52-42)58-24-45-16-5-18-54(45)35(15-17-45)27-7-10-29(46)11-8-27/h7-11,14,19-21,26,30-31,35H,4-6,12-13,15-18,22-24H2,1-3H3. The highest BCUT2D eigenvalue weighted by molar-refractivity contribution is 6.00. The second kappa shape index (κ2) is 15.8. The van der Waals surface area contributed by atoms with Crippen LogP contribution in [0, 0.1) is 30.2 Å². The number of carbonyl (C=O) groups is 2. The van der Waals surface area contributed by atoms with Crippen LogP contribution in [0.1, 0.15) is 82.4 Å². The molecule has 0 saturated carbocycles. The van der Waals surface area contributed by atoms with Gasteiger partial charge in [0.15, 0.2) is 17.5 Å². The SMILES string of the molecule is CCCC(=O)OC(C)OC(=O)N1C2CCC1CN(c1nc(OCC34CCCN3C(c3ccc(F)cc3)CC4)nc3c(F)c(-c4cc(C)cc5ccc(F)c(F)c45)ncc13)C2. The smallest absolute Gasteiger partial charge is 0.413 e. The van der Waals surface area contributed by atoms with Crippen LogP contribution < -0.4 is 9.64 Å². The van der Waals surface area contributed by atoms with Crippen molar-refractivity contribution >= 4 is 39.6 Å². The Balaban J connectivity index is 1.07. The monoisotopic (exact) mass is 826 g/mol. The first-order chi connectivity index (χ1) is 28.9. The summed E-state index contributed by atoms with van der Waals surface area (Å²) in [7, 11) is 0. The number of aryl methyl sites for hydroxylation is 1. The van der Waals surface area contributed by atoms with Gasteiger partial charge in [0.05, 0.1) is 23.0 Å². The number of pyridine rings is 1. The zero-order valence-corrected chi connectivity index (χ0v) is 33.7. The molecular formula is C45H46F4N6O5. The molecule has 0 radical (unpaired) electrons. The van der Waals surface area contributed by atoms with Crippen molar-refractivity contribution < 1.29 is 41.4 Å². The fourth-order valence-electron chi connectivity index (χ4n) is 10.0. The number of benzene rings is 3. The van der Waals surface area contributed by atoms with Gasteiger partial charge in [-0.3, -0.25) is 19.6 Å². The fourth-order valence-corrected chi connectivity index (χ4v) is 10.0. The lowest BCUT2D eigenvalue weighted by Gasteiger charge is -2.41. The lowest BCUT2D eigenvalue weighted by molar-refractivity contribution is -0.166. The Kier molecular flexibility index (Phi) is 10.5. The van der Waals surface area contributed by atoms with E-state index in [1.807, 2.05) is 24.0 Å². The van der Waals surface area contributed by atoms with Gasteiger partial charge >= 0.3 is 18.1 Å². The molecule has 9 rings (SSSR count). The highest BCUT2D eigenvalue weighted by Gasteiger charge is 2.50. The molecule has 1 amide bonds. The van der Waals surface area contributed by atoms with Crippen LogP contribution in [0.4, 0.5) is 28.2 Å². The van der Waals surface area contributed by atoms with E-state index < -0.39 is 35.8 Å². The number of carbonyl (C=O) groups excluding carboxylic acids is 2. The summed E-state index contributed by atoms with van der Waals surface area (Å²) in [5.41, 5.74) is 1.19. The largest absolute Gasteiger partial charge is 0.461 e. The number of rotatable bonds is 10. The second-order valence-corrected chi connectivity index (χ2v) is 16.6. The summed E-state index contributed by atoms with van der Waals surface area (Å²) in [5.74, 6) is -3.38. The topological polar surface area (TPSA) is 110 Å².